The van der Waals surface area contributed by atoms with Gasteiger partial charge in [0.1, 0.15) is 23.5 Å². The van der Waals surface area contributed by atoms with Crippen LogP contribution in [0.15, 0.2) is 18.5 Å². The van der Waals surface area contributed by atoms with E-state index in [1.165, 1.54) is 6.33 Å². The molecule has 4 atom stereocenters. The average molecular weight is 306 g/mol. The minimum atomic E-state index is -1.04. The van der Waals surface area contributed by atoms with Crippen LogP contribution >= 0.6 is 0 Å². The first kappa shape index (κ1) is 13.3. The van der Waals surface area contributed by atoms with Crippen LogP contribution in [0.3, 0.4) is 0 Å². The summed E-state index contributed by atoms with van der Waals surface area (Å²) in [5, 5.41) is 13.8. The molecule has 4 rings (SSSR count). The van der Waals surface area contributed by atoms with Crippen LogP contribution in [0.25, 0.3) is 5.52 Å². The fourth-order valence-corrected chi connectivity index (χ4v) is 3.03. The van der Waals surface area contributed by atoms with Crippen molar-refractivity contribution in [2.45, 2.75) is 30.8 Å². The molecule has 3 N–H and O–H groups in total. The quantitative estimate of drug-likeness (QED) is 0.746. The zero-order chi connectivity index (χ0) is 15.5. The number of ether oxygens (including phenoxy) is 3. The Labute approximate surface area is 124 Å². The number of hydrogen-bond donors (Lipinski definition) is 2. The number of aromatic nitrogens is 3. The minimum Gasteiger partial charge on any atom is -0.424 e. The number of nitrogens with zero attached hydrogens (tertiary/aromatic N) is 3. The molecule has 2 aliphatic heterocycles. The molecule has 2 aliphatic rings. The van der Waals surface area contributed by atoms with Gasteiger partial charge in [-0.05, 0) is 19.1 Å². The number of carbonyl (C=O) groups excluding carboxylic acids is 1. The van der Waals surface area contributed by atoms with Gasteiger partial charge in [0.25, 0.3) is 0 Å². The van der Waals surface area contributed by atoms with E-state index in [0.717, 1.165) is 0 Å². The molecule has 2 saturated heterocycles. The summed E-state index contributed by atoms with van der Waals surface area (Å²) in [5.41, 5.74) is 6.05. The Morgan fingerprint density at radius 3 is 3.05 bits per heavy atom. The van der Waals surface area contributed by atoms with E-state index in [0.29, 0.717) is 17.0 Å². The first-order valence-corrected chi connectivity index (χ1v) is 6.77. The number of nitrogens with two attached hydrogens (primary N) is 1. The fraction of sp³-hybridized carbons (Fsp3) is 0.462. The third-order valence-corrected chi connectivity index (χ3v) is 4.17. The van der Waals surface area contributed by atoms with Gasteiger partial charge in [0.15, 0.2) is 18.0 Å². The summed E-state index contributed by atoms with van der Waals surface area (Å²) in [6.07, 6.45) is -1.39. The van der Waals surface area contributed by atoms with Crippen molar-refractivity contribution < 1.29 is 24.1 Å². The average Bonchev–Trinajstić information content (AvgIpc) is 3.15. The van der Waals surface area contributed by atoms with Gasteiger partial charge in [-0.15, -0.1) is 0 Å². The van der Waals surface area contributed by atoms with Crippen molar-refractivity contribution in [1.82, 2.24) is 14.6 Å². The smallest absolute Gasteiger partial charge is 0.424 e. The number of aliphatic hydroxyl groups excluding tert-OH is 1. The van der Waals surface area contributed by atoms with Crippen molar-refractivity contribution >= 4 is 17.5 Å². The lowest BCUT2D eigenvalue weighted by Crippen LogP contribution is -2.42. The van der Waals surface area contributed by atoms with E-state index >= 15 is 0 Å². The largest absolute Gasteiger partial charge is 0.509 e. The molecule has 0 bridgehead atoms. The molecule has 0 aliphatic carbocycles. The maximum atomic E-state index is 11.5. The lowest BCUT2D eigenvalue weighted by Gasteiger charge is -2.25. The summed E-state index contributed by atoms with van der Waals surface area (Å²) < 4.78 is 17.9. The Kier molecular flexibility index (Phi) is 2.60. The van der Waals surface area contributed by atoms with Crippen molar-refractivity contribution in [2.75, 3.05) is 12.3 Å². The summed E-state index contributed by atoms with van der Waals surface area (Å²) in [5.74, 6) is 0.334. The van der Waals surface area contributed by atoms with E-state index in [-0.39, 0.29) is 6.61 Å². The molecule has 2 fully saturated rings. The molecule has 0 amide bonds. The maximum Gasteiger partial charge on any atom is 0.509 e. The fourth-order valence-electron chi connectivity index (χ4n) is 3.03. The Bertz CT molecular complexity index is 762. The molecule has 0 saturated carbocycles. The number of hydrogen-bond acceptors (Lipinski definition) is 8. The molecule has 0 aromatic carbocycles. The van der Waals surface area contributed by atoms with Gasteiger partial charge in [-0.25, -0.2) is 14.3 Å². The Hall–Kier alpha value is -2.39. The summed E-state index contributed by atoms with van der Waals surface area (Å²) in [6.45, 7) is 1.37. The van der Waals surface area contributed by atoms with Gasteiger partial charge in [0.05, 0.1) is 12.3 Å². The third kappa shape index (κ3) is 1.63. The number of fused-ring (bicyclic) bond motifs is 2. The summed E-state index contributed by atoms with van der Waals surface area (Å²) in [6, 6.07) is 3.53. The van der Waals surface area contributed by atoms with E-state index in [4.69, 9.17) is 19.9 Å². The summed E-state index contributed by atoms with van der Waals surface area (Å²) >= 11 is 0. The molecule has 0 radical (unpaired) electrons. The van der Waals surface area contributed by atoms with Gasteiger partial charge in [-0.2, -0.15) is 5.10 Å². The van der Waals surface area contributed by atoms with Crippen LogP contribution in [-0.2, 0) is 14.2 Å². The van der Waals surface area contributed by atoms with E-state index < -0.39 is 30.1 Å². The number of rotatable bonds is 2. The number of anilines is 1. The summed E-state index contributed by atoms with van der Waals surface area (Å²) in [4.78, 5) is 15.4. The lowest BCUT2D eigenvalue weighted by atomic mass is 9.97. The standard InChI is InChI=1S/C13H14N4O5/c1-13(4-18)10-9(20-12(19)21-10)8(22-13)6-2-3-7-11(14)15-5-16-17(6)7/h2-3,5,8-10,18H,4H2,1H3,(H2,14,15,16)/t8-,9?,10?,13+/m0/s1. The van der Waals surface area contributed by atoms with Crippen molar-refractivity contribution in [3.8, 4) is 0 Å². The summed E-state index contributed by atoms with van der Waals surface area (Å²) in [7, 11) is 0. The van der Waals surface area contributed by atoms with Gasteiger partial charge in [0, 0.05) is 0 Å². The molecule has 9 heteroatoms. The molecule has 22 heavy (non-hydrogen) atoms. The zero-order valence-corrected chi connectivity index (χ0v) is 11.7. The lowest BCUT2D eigenvalue weighted by molar-refractivity contribution is -0.109. The van der Waals surface area contributed by atoms with Crippen LogP contribution in [0.5, 0.6) is 0 Å². The van der Waals surface area contributed by atoms with E-state index in [2.05, 4.69) is 10.1 Å². The Morgan fingerprint density at radius 1 is 1.45 bits per heavy atom. The SMILES string of the molecule is C[C@]1(CO)O[C@@H](c2ccc3c(N)ncnn23)C2OC(=O)OC21. The predicted molar refractivity (Wildman–Crippen MR) is 71.9 cm³/mol. The predicted octanol–water partition coefficient (Wildman–Crippen LogP) is 0.0378. The topological polar surface area (TPSA) is 121 Å². The van der Waals surface area contributed by atoms with Crippen LogP contribution in [0.4, 0.5) is 10.6 Å². The molecule has 2 aromatic rings. The zero-order valence-electron chi connectivity index (χ0n) is 11.7. The van der Waals surface area contributed by atoms with Crippen LogP contribution in [-0.4, -0.2) is 50.3 Å². The van der Waals surface area contributed by atoms with Crippen molar-refractivity contribution in [1.29, 1.82) is 0 Å². The molecule has 4 heterocycles. The second-order valence-corrected chi connectivity index (χ2v) is 5.58. The van der Waals surface area contributed by atoms with Gasteiger partial charge in [-0.1, -0.05) is 0 Å². The highest BCUT2D eigenvalue weighted by Crippen LogP contribution is 2.46. The van der Waals surface area contributed by atoms with Crippen LogP contribution in [0.1, 0.15) is 18.7 Å². The molecular formula is C13H14N4O5. The molecule has 9 nitrogen and oxygen atoms in total. The monoisotopic (exact) mass is 306 g/mol. The second kappa shape index (κ2) is 4.31. The van der Waals surface area contributed by atoms with E-state index in [9.17, 15) is 9.90 Å². The van der Waals surface area contributed by atoms with Gasteiger partial charge in [-0.3, -0.25) is 0 Å². The van der Waals surface area contributed by atoms with Crippen molar-refractivity contribution in [2.24, 2.45) is 0 Å². The number of carbonyl (C=O) groups is 1. The first-order chi connectivity index (χ1) is 10.5. The Morgan fingerprint density at radius 2 is 2.27 bits per heavy atom. The first-order valence-electron chi connectivity index (χ1n) is 6.77. The minimum absolute atomic E-state index is 0.304. The molecule has 0 spiro atoms. The van der Waals surface area contributed by atoms with E-state index in [1.54, 1.807) is 23.6 Å². The molecule has 116 valence electrons. The third-order valence-electron chi connectivity index (χ3n) is 4.17. The van der Waals surface area contributed by atoms with Crippen molar-refractivity contribution in [3.63, 3.8) is 0 Å². The van der Waals surface area contributed by atoms with E-state index in [1.807, 2.05) is 0 Å². The number of nitrogen functional groups attached to an aromatic ring is 1. The second-order valence-electron chi connectivity index (χ2n) is 5.58. The van der Waals surface area contributed by atoms with Crippen LogP contribution in [0, 0.1) is 0 Å². The highest BCUT2D eigenvalue weighted by molar-refractivity contribution is 5.66. The van der Waals surface area contributed by atoms with Gasteiger partial charge >= 0.3 is 6.16 Å². The van der Waals surface area contributed by atoms with Crippen molar-refractivity contribution in [3.05, 3.63) is 24.2 Å². The van der Waals surface area contributed by atoms with Gasteiger partial charge in [0.2, 0.25) is 0 Å². The highest BCUT2D eigenvalue weighted by atomic mass is 16.8. The maximum absolute atomic E-state index is 11.5. The highest BCUT2D eigenvalue weighted by Gasteiger charge is 2.61. The molecule has 2 aromatic heterocycles. The molecular weight excluding hydrogens is 292 g/mol. The van der Waals surface area contributed by atoms with Crippen LogP contribution in [0.2, 0.25) is 0 Å². The number of aliphatic hydroxyl groups is 1. The van der Waals surface area contributed by atoms with Crippen LogP contribution < -0.4 is 5.73 Å². The Balaban J connectivity index is 1.81. The van der Waals surface area contributed by atoms with Gasteiger partial charge < -0.3 is 25.1 Å². The normalized spacial score (nSPS) is 33.7. The molecule has 2 unspecified atom stereocenters.